The maximum Gasteiger partial charge on any atom is 0.0724 e. The average molecular weight is 223 g/mol. The highest BCUT2D eigenvalue weighted by Crippen LogP contribution is 2.05. The topological polar surface area (TPSA) is 47.0 Å². The first-order valence-corrected chi connectivity index (χ1v) is 5.59. The Balaban J connectivity index is 2.14. The molecule has 0 bridgehead atoms. The quantitative estimate of drug-likeness (QED) is 0.772. The summed E-state index contributed by atoms with van der Waals surface area (Å²) in [6, 6.07) is 0. The Morgan fingerprint density at radius 3 is 2.56 bits per heavy atom. The highest BCUT2D eigenvalue weighted by Gasteiger charge is 2.08. The molecule has 90 valence electrons. The molecule has 1 rings (SSSR count). The van der Waals surface area contributed by atoms with Crippen LogP contribution < -0.4 is 5.32 Å². The summed E-state index contributed by atoms with van der Waals surface area (Å²) < 4.78 is 5.59. The Bertz CT molecular complexity index is 303. The van der Waals surface area contributed by atoms with Crippen molar-refractivity contribution >= 4 is 0 Å². The van der Waals surface area contributed by atoms with Crippen LogP contribution in [-0.4, -0.2) is 28.7 Å². The van der Waals surface area contributed by atoms with E-state index in [2.05, 4.69) is 36.1 Å². The maximum absolute atomic E-state index is 5.59. The molecule has 16 heavy (non-hydrogen) atoms. The van der Waals surface area contributed by atoms with Crippen molar-refractivity contribution in [3.05, 3.63) is 23.8 Å². The summed E-state index contributed by atoms with van der Waals surface area (Å²) in [5.41, 5.74) is 1.84. The number of aromatic nitrogens is 2. The zero-order valence-corrected chi connectivity index (χ0v) is 10.6. The molecule has 0 spiro atoms. The van der Waals surface area contributed by atoms with Crippen LogP contribution in [0.15, 0.2) is 12.4 Å². The maximum atomic E-state index is 5.59. The Labute approximate surface area is 97.5 Å². The second-order valence-corrected chi connectivity index (χ2v) is 4.79. The van der Waals surface area contributed by atoms with Gasteiger partial charge in [0.05, 0.1) is 23.6 Å². The van der Waals surface area contributed by atoms with Gasteiger partial charge in [-0.25, -0.2) is 0 Å². The molecule has 0 amide bonds. The molecule has 1 heterocycles. The average Bonchev–Trinajstić information content (AvgIpc) is 2.19. The highest BCUT2D eigenvalue weighted by atomic mass is 16.5. The normalized spacial score (nSPS) is 11.8. The van der Waals surface area contributed by atoms with Crippen LogP contribution in [0.1, 0.15) is 32.2 Å². The second kappa shape index (κ2) is 5.92. The van der Waals surface area contributed by atoms with E-state index in [4.69, 9.17) is 4.74 Å². The van der Waals surface area contributed by atoms with Gasteiger partial charge >= 0.3 is 0 Å². The van der Waals surface area contributed by atoms with Gasteiger partial charge in [0.1, 0.15) is 0 Å². The minimum Gasteiger partial charge on any atom is -0.375 e. The molecular weight excluding hydrogens is 202 g/mol. The summed E-state index contributed by atoms with van der Waals surface area (Å²) in [6.07, 6.45) is 3.58. The summed E-state index contributed by atoms with van der Waals surface area (Å²) in [6.45, 7) is 10.4. The zero-order valence-electron chi connectivity index (χ0n) is 10.6. The number of hydrogen-bond acceptors (Lipinski definition) is 4. The second-order valence-electron chi connectivity index (χ2n) is 4.79. The molecule has 0 atom stereocenters. The van der Waals surface area contributed by atoms with Crippen LogP contribution in [0.2, 0.25) is 0 Å². The fourth-order valence-corrected chi connectivity index (χ4v) is 1.16. The number of rotatable bonds is 5. The van der Waals surface area contributed by atoms with Crippen LogP contribution in [0.3, 0.4) is 0 Å². The van der Waals surface area contributed by atoms with Gasteiger partial charge in [-0.05, 0) is 27.7 Å². The van der Waals surface area contributed by atoms with Crippen molar-refractivity contribution in [2.45, 2.75) is 39.8 Å². The van der Waals surface area contributed by atoms with Gasteiger partial charge in [-0.1, -0.05) is 0 Å². The summed E-state index contributed by atoms with van der Waals surface area (Å²) in [5.74, 6) is 0. The van der Waals surface area contributed by atoms with Crippen LogP contribution in [-0.2, 0) is 11.3 Å². The Hall–Kier alpha value is -1.00. The molecule has 0 saturated carbocycles. The number of hydrogen-bond donors (Lipinski definition) is 1. The summed E-state index contributed by atoms with van der Waals surface area (Å²) >= 11 is 0. The van der Waals surface area contributed by atoms with Crippen LogP contribution in [0.25, 0.3) is 0 Å². The third-order valence-corrected chi connectivity index (χ3v) is 1.95. The standard InChI is InChI=1S/C12H21N3O/c1-10-7-15-11(9-14-10)8-13-5-6-16-12(2,3)4/h7,9,13H,5-6,8H2,1-4H3. The fourth-order valence-electron chi connectivity index (χ4n) is 1.16. The van der Waals surface area contributed by atoms with E-state index in [1.165, 1.54) is 0 Å². The molecule has 0 unspecified atom stereocenters. The lowest BCUT2D eigenvalue weighted by Gasteiger charge is -2.19. The van der Waals surface area contributed by atoms with Gasteiger partial charge in [-0.3, -0.25) is 9.97 Å². The molecule has 4 nitrogen and oxygen atoms in total. The van der Waals surface area contributed by atoms with Crippen molar-refractivity contribution in [2.75, 3.05) is 13.2 Å². The van der Waals surface area contributed by atoms with Crippen molar-refractivity contribution in [1.82, 2.24) is 15.3 Å². The largest absolute Gasteiger partial charge is 0.375 e. The van der Waals surface area contributed by atoms with Gasteiger partial charge in [-0.15, -0.1) is 0 Å². The Kier molecular flexibility index (Phi) is 4.83. The van der Waals surface area contributed by atoms with Crippen LogP contribution in [0.4, 0.5) is 0 Å². The summed E-state index contributed by atoms with van der Waals surface area (Å²) in [7, 11) is 0. The third-order valence-electron chi connectivity index (χ3n) is 1.95. The van der Waals surface area contributed by atoms with E-state index >= 15 is 0 Å². The SMILES string of the molecule is Cc1cnc(CNCCOC(C)(C)C)cn1. The molecule has 4 heteroatoms. The molecule has 1 aromatic heterocycles. The van der Waals surface area contributed by atoms with E-state index in [9.17, 15) is 0 Å². The first kappa shape index (κ1) is 13.1. The fraction of sp³-hybridized carbons (Fsp3) is 0.667. The Morgan fingerprint density at radius 2 is 2.00 bits per heavy atom. The van der Waals surface area contributed by atoms with Crippen LogP contribution >= 0.6 is 0 Å². The van der Waals surface area contributed by atoms with Gasteiger partial charge in [0.2, 0.25) is 0 Å². The van der Waals surface area contributed by atoms with Crippen LogP contribution in [0, 0.1) is 6.92 Å². The minimum absolute atomic E-state index is 0.0641. The summed E-state index contributed by atoms with van der Waals surface area (Å²) in [4.78, 5) is 8.44. The number of nitrogens with zero attached hydrogens (tertiary/aromatic N) is 2. The molecule has 0 aliphatic carbocycles. The summed E-state index contributed by atoms with van der Waals surface area (Å²) in [5, 5.41) is 3.27. The molecule has 0 fully saturated rings. The first-order chi connectivity index (χ1) is 7.47. The van der Waals surface area contributed by atoms with E-state index in [0.29, 0.717) is 6.61 Å². The molecule has 0 radical (unpaired) electrons. The monoisotopic (exact) mass is 223 g/mol. The van der Waals surface area contributed by atoms with E-state index in [-0.39, 0.29) is 5.60 Å². The number of aryl methyl sites for hydroxylation is 1. The molecule has 0 saturated heterocycles. The number of ether oxygens (including phenoxy) is 1. The van der Waals surface area contributed by atoms with Crippen molar-refractivity contribution in [3.8, 4) is 0 Å². The predicted octanol–water partition coefficient (Wildman–Crippen LogP) is 1.69. The highest BCUT2D eigenvalue weighted by molar-refractivity contribution is 4.99. The van der Waals surface area contributed by atoms with Crippen molar-refractivity contribution in [2.24, 2.45) is 0 Å². The molecule has 0 aliphatic rings. The van der Waals surface area contributed by atoms with Gasteiger partial charge in [0.25, 0.3) is 0 Å². The smallest absolute Gasteiger partial charge is 0.0724 e. The predicted molar refractivity (Wildman–Crippen MR) is 64.2 cm³/mol. The number of nitrogens with one attached hydrogen (secondary N) is 1. The lowest BCUT2D eigenvalue weighted by molar-refractivity contribution is -0.000907. The first-order valence-electron chi connectivity index (χ1n) is 5.59. The third kappa shape index (κ3) is 5.78. The van der Waals surface area contributed by atoms with Crippen molar-refractivity contribution in [3.63, 3.8) is 0 Å². The van der Waals surface area contributed by atoms with Crippen molar-refractivity contribution in [1.29, 1.82) is 0 Å². The van der Waals surface area contributed by atoms with E-state index in [1.54, 1.807) is 12.4 Å². The minimum atomic E-state index is -0.0641. The van der Waals surface area contributed by atoms with Gasteiger partial charge in [0, 0.05) is 25.5 Å². The molecule has 1 aromatic rings. The molecular formula is C12H21N3O. The lowest BCUT2D eigenvalue weighted by Crippen LogP contribution is -2.26. The molecule has 0 aliphatic heterocycles. The molecule has 0 aromatic carbocycles. The van der Waals surface area contributed by atoms with Gasteiger partial charge < -0.3 is 10.1 Å². The van der Waals surface area contributed by atoms with Crippen molar-refractivity contribution < 1.29 is 4.74 Å². The molecule has 1 N–H and O–H groups in total. The Morgan fingerprint density at radius 1 is 1.25 bits per heavy atom. The zero-order chi connectivity index (χ0) is 12.0. The van der Waals surface area contributed by atoms with E-state index in [0.717, 1.165) is 24.5 Å². The van der Waals surface area contributed by atoms with E-state index < -0.39 is 0 Å². The lowest BCUT2D eigenvalue weighted by atomic mass is 10.2. The van der Waals surface area contributed by atoms with E-state index in [1.807, 2.05) is 6.92 Å². The van der Waals surface area contributed by atoms with Gasteiger partial charge in [0.15, 0.2) is 0 Å². The van der Waals surface area contributed by atoms with Gasteiger partial charge in [-0.2, -0.15) is 0 Å². The van der Waals surface area contributed by atoms with Crippen LogP contribution in [0.5, 0.6) is 0 Å².